The van der Waals surface area contributed by atoms with Gasteiger partial charge in [0.05, 0.1) is 5.02 Å². The number of benzene rings is 3. The molecule has 7 heteroatoms. The minimum atomic E-state index is -2.45. The van der Waals surface area contributed by atoms with E-state index in [1.807, 2.05) is 6.07 Å². The third-order valence-electron chi connectivity index (χ3n) is 10.2. The zero-order valence-corrected chi connectivity index (χ0v) is 22.9. The fourth-order valence-corrected chi connectivity index (χ4v) is 8.89. The van der Waals surface area contributed by atoms with Gasteiger partial charge in [0.1, 0.15) is 11.7 Å². The van der Waals surface area contributed by atoms with Crippen molar-refractivity contribution in [1.29, 1.82) is 0 Å². The molecule has 4 bridgehead atoms. The number of carbonyl (C=O) groups is 1. The molecule has 9 rings (SSSR count). The molecule has 3 aromatic rings. The Morgan fingerprint density at radius 3 is 2.10 bits per heavy atom. The Bertz CT molecular complexity index is 1550. The average molecular weight is 561 g/mol. The van der Waals surface area contributed by atoms with Crippen molar-refractivity contribution in [2.75, 3.05) is 19.0 Å². The lowest BCUT2D eigenvalue weighted by atomic mass is 9.47. The van der Waals surface area contributed by atoms with Gasteiger partial charge in [-0.25, -0.2) is 4.89 Å². The first-order chi connectivity index (χ1) is 20.7. The number of hydrogen-bond donors (Lipinski definition) is 0. The molecule has 1 saturated heterocycles. The molecule has 3 aromatic carbocycles. The maximum Gasteiger partial charge on any atom is 0.323 e. The molecule has 206 valence electrons. The lowest BCUT2D eigenvalue weighted by Crippen LogP contribution is -2.76. The van der Waals surface area contributed by atoms with Crippen molar-refractivity contribution in [1.82, 2.24) is 0 Å². The predicted molar refractivity (Wildman–Crippen MR) is 151 cm³/mol. The number of ether oxygens (including phenoxy) is 2. The van der Waals surface area contributed by atoms with Crippen LogP contribution >= 0.6 is 11.6 Å². The highest BCUT2D eigenvalue weighted by Gasteiger charge is 2.76. The molecule has 6 nitrogen and oxygen atoms in total. The molecule has 1 atom stereocenters. The van der Waals surface area contributed by atoms with Crippen molar-refractivity contribution < 1.29 is 28.2 Å². The van der Waals surface area contributed by atoms with Gasteiger partial charge in [0.2, 0.25) is 0 Å². The second-order valence-corrected chi connectivity index (χ2v) is 12.4. The Labute approximate surface area is 243 Å². The SMILES string of the molecule is [2H]C([2H])([2H])N1c2ccccc2C(C(=O)Oc2cc(C3(OC)OOC34C3CC5CC(C3)CC4C5)ccc2Cl)c2ccccc21. The second kappa shape index (κ2) is 8.80. The number of halogens is 1. The maximum atomic E-state index is 14.1. The average Bonchev–Trinajstić information content (AvgIpc) is 2.96. The molecule has 40 heavy (non-hydrogen) atoms. The van der Waals surface area contributed by atoms with E-state index < -0.39 is 30.3 Å². The van der Waals surface area contributed by atoms with Gasteiger partial charge < -0.3 is 14.4 Å². The third-order valence-corrected chi connectivity index (χ3v) is 10.5. The molecular weight excluding hydrogens is 526 g/mol. The van der Waals surface area contributed by atoms with Crippen molar-refractivity contribution >= 4 is 28.9 Å². The normalized spacial score (nSPS) is 34.9. The lowest BCUT2D eigenvalue weighted by molar-refractivity contribution is -0.645. The maximum absolute atomic E-state index is 14.1. The Kier molecular flexibility index (Phi) is 4.79. The first-order valence-electron chi connectivity index (χ1n) is 15.6. The first kappa shape index (κ1) is 21.8. The van der Waals surface area contributed by atoms with E-state index in [4.69, 9.17) is 35.0 Å². The summed E-state index contributed by atoms with van der Waals surface area (Å²) in [5, 5.41) is 0.268. The molecule has 0 radical (unpaired) electrons. The summed E-state index contributed by atoms with van der Waals surface area (Å²) in [5.74, 6) is -0.251. The highest BCUT2D eigenvalue weighted by atomic mass is 35.5. The molecule has 1 spiro atoms. The van der Waals surface area contributed by atoms with Crippen LogP contribution in [-0.2, 0) is 25.1 Å². The van der Waals surface area contributed by atoms with Crippen LogP contribution in [0.4, 0.5) is 11.4 Å². The molecule has 1 unspecified atom stereocenters. The third kappa shape index (κ3) is 3.19. The Hall–Kier alpha value is -2.90. The van der Waals surface area contributed by atoms with Gasteiger partial charge in [-0.3, -0.25) is 4.79 Å². The quantitative estimate of drug-likeness (QED) is 0.192. The van der Waals surface area contributed by atoms with E-state index >= 15 is 0 Å². The number of para-hydroxylation sites is 2. The van der Waals surface area contributed by atoms with Gasteiger partial charge in [0.15, 0.2) is 5.60 Å². The van der Waals surface area contributed by atoms with Crippen LogP contribution in [0.25, 0.3) is 0 Å². The number of carbonyl (C=O) groups excluding carboxylic acids is 1. The van der Waals surface area contributed by atoms with E-state index in [9.17, 15) is 4.79 Å². The zero-order valence-electron chi connectivity index (χ0n) is 25.1. The monoisotopic (exact) mass is 560 g/mol. The second-order valence-electron chi connectivity index (χ2n) is 12.0. The van der Waals surface area contributed by atoms with E-state index in [0.717, 1.165) is 37.5 Å². The van der Waals surface area contributed by atoms with E-state index in [1.54, 1.807) is 67.8 Å². The number of fused-ring (bicyclic) bond motifs is 2. The molecule has 0 N–H and O–H groups in total. The number of hydrogen-bond acceptors (Lipinski definition) is 6. The topological polar surface area (TPSA) is 57.2 Å². The van der Waals surface area contributed by atoms with Crippen molar-refractivity contribution in [3.8, 4) is 5.75 Å². The number of esters is 1. The highest BCUT2D eigenvalue weighted by molar-refractivity contribution is 6.32. The highest BCUT2D eigenvalue weighted by Crippen LogP contribution is 2.69. The Morgan fingerprint density at radius 2 is 1.55 bits per heavy atom. The van der Waals surface area contributed by atoms with Gasteiger partial charge in [-0.15, -0.1) is 0 Å². The van der Waals surface area contributed by atoms with E-state index in [2.05, 4.69) is 0 Å². The summed E-state index contributed by atoms with van der Waals surface area (Å²) in [7, 11) is 1.64. The van der Waals surface area contributed by atoms with Crippen LogP contribution in [-0.4, -0.2) is 25.7 Å². The first-order valence-corrected chi connectivity index (χ1v) is 14.5. The Morgan fingerprint density at radius 1 is 0.925 bits per heavy atom. The predicted octanol–water partition coefficient (Wildman–Crippen LogP) is 7.11. The molecule has 2 aliphatic heterocycles. The fraction of sp³-hybridized carbons (Fsp3) is 0.424. The van der Waals surface area contributed by atoms with Crippen LogP contribution in [0.15, 0.2) is 66.7 Å². The number of nitrogens with zero attached hydrogens (tertiary/aromatic N) is 1. The zero-order chi connectivity index (χ0) is 29.7. The van der Waals surface area contributed by atoms with Crippen LogP contribution in [0.3, 0.4) is 0 Å². The molecular formula is C33H32ClNO5. The molecule has 2 heterocycles. The molecule has 4 saturated carbocycles. The Balaban J connectivity index is 1.16. The summed E-state index contributed by atoms with van der Waals surface area (Å²) < 4.78 is 37.0. The van der Waals surface area contributed by atoms with E-state index in [1.165, 1.54) is 11.3 Å². The molecule has 5 fully saturated rings. The minimum Gasteiger partial charge on any atom is -0.424 e. The van der Waals surface area contributed by atoms with Crippen LogP contribution in [0.1, 0.15) is 58.8 Å². The van der Waals surface area contributed by atoms with Crippen molar-refractivity contribution in [2.24, 2.45) is 23.7 Å². The summed E-state index contributed by atoms with van der Waals surface area (Å²) >= 11 is 6.64. The van der Waals surface area contributed by atoms with E-state index in [0.29, 0.717) is 39.9 Å². The van der Waals surface area contributed by atoms with Gasteiger partial charge in [0.25, 0.3) is 5.79 Å². The standard InChI is InChI=1S/C33H32ClNO5/c1-35-27-9-5-3-7-24(27)30(25-8-4-6-10-28(25)35)31(36)38-29-18-21(11-12-26(29)34)33(37-2)32(39-40-33)22-14-19-13-20(16-22)17-23(32)15-19/h3-12,18-20,22-23,30H,13-17H2,1-2H3/i1D3. The summed E-state index contributed by atoms with van der Waals surface area (Å²) in [6.45, 7) is -2.45. The molecule has 0 amide bonds. The lowest BCUT2D eigenvalue weighted by Gasteiger charge is -2.68. The summed E-state index contributed by atoms with van der Waals surface area (Å²) in [5.41, 5.74) is 2.07. The van der Waals surface area contributed by atoms with Crippen molar-refractivity contribution in [3.05, 3.63) is 88.4 Å². The van der Waals surface area contributed by atoms with Crippen LogP contribution < -0.4 is 9.64 Å². The number of rotatable bonds is 4. The fourth-order valence-electron chi connectivity index (χ4n) is 8.73. The smallest absolute Gasteiger partial charge is 0.323 e. The number of methoxy groups -OCH3 is 1. The van der Waals surface area contributed by atoms with Crippen LogP contribution in [0, 0.1) is 23.7 Å². The van der Waals surface area contributed by atoms with Gasteiger partial charge in [-0.05, 0) is 91.2 Å². The largest absolute Gasteiger partial charge is 0.424 e. The van der Waals surface area contributed by atoms with Crippen LogP contribution in [0.2, 0.25) is 5.02 Å². The number of anilines is 2. The summed E-state index contributed by atoms with van der Waals surface area (Å²) in [6, 6.07) is 19.4. The van der Waals surface area contributed by atoms with Gasteiger partial charge >= 0.3 is 5.97 Å². The van der Waals surface area contributed by atoms with Crippen LogP contribution in [0.5, 0.6) is 5.75 Å². The molecule has 4 aliphatic carbocycles. The minimum absolute atomic E-state index is 0.184. The summed E-state index contributed by atoms with van der Waals surface area (Å²) in [6.07, 6.45) is 5.72. The summed E-state index contributed by atoms with van der Waals surface area (Å²) in [4.78, 5) is 27.4. The molecule has 6 aliphatic rings. The van der Waals surface area contributed by atoms with Gasteiger partial charge in [-0.2, -0.15) is 4.89 Å². The van der Waals surface area contributed by atoms with Gasteiger partial charge in [0, 0.05) is 35.1 Å². The van der Waals surface area contributed by atoms with Gasteiger partial charge in [-0.1, -0.05) is 54.1 Å². The molecule has 0 aromatic heterocycles. The van der Waals surface area contributed by atoms with Crippen molar-refractivity contribution in [2.45, 2.75) is 49.4 Å². The van der Waals surface area contributed by atoms with E-state index in [-0.39, 0.29) is 10.8 Å². The van der Waals surface area contributed by atoms with Crippen molar-refractivity contribution in [3.63, 3.8) is 0 Å².